The van der Waals surface area contributed by atoms with Gasteiger partial charge in [0.1, 0.15) is 12.0 Å². The quantitative estimate of drug-likeness (QED) is 0.273. The lowest BCUT2D eigenvalue weighted by atomic mass is 9.84. The Hall–Kier alpha value is -3.67. The van der Waals surface area contributed by atoms with Gasteiger partial charge in [0.25, 0.3) is 6.47 Å². The number of hydrogen-bond donors (Lipinski definition) is 0. The molecule has 0 spiro atoms. The number of esters is 1. The zero-order valence-corrected chi connectivity index (χ0v) is 18.8. The van der Waals surface area contributed by atoms with Crippen LogP contribution in [0.1, 0.15) is 30.0 Å². The number of aldehydes is 1. The third kappa shape index (κ3) is 6.65. The first kappa shape index (κ1) is 24.0. The van der Waals surface area contributed by atoms with E-state index in [1.807, 2.05) is 18.2 Å². The number of carbonyl (C=O) groups is 3. The summed E-state index contributed by atoms with van der Waals surface area (Å²) in [5.74, 6) is 0.149. The zero-order chi connectivity index (χ0) is 23.6. The molecule has 3 rings (SSSR count). The summed E-state index contributed by atoms with van der Waals surface area (Å²) in [5, 5.41) is 0. The van der Waals surface area contributed by atoms with Crippen molar-refractivity contribution in [3.05, 3.63) is 71.3 Å². The van der Waals surface area contributed by atoms with Crippen molar-refractivity contribution in [3.8, 4) is 16.9 Å². The van der Waals surface area contributed by atoms with Crippen LogP contribution in [-0.2, 0) is 36.7 Å². The molecule has 0 aliphatic heterocycles. The van der Waals surface area contributed by atoms with Crippen LogP contribution >= 0.6 is 0 Å². The monoisotopic (exact) mass is 448 g/mol. The Balaban J connectivity index is 1.61. The molecule has 0 amide bonds. The molecule has 2 aromatic rings. The van der Waals surface area contributed by atoms with Gasteiger partial charge in [0.2, 0.25) is 0 Å². The van der Waals surface area contributed by atoms with E-state index in [1.54, 1.807) is 6.92 Å². The number of aryl methyl sites for hydroxylation is 2. The fraction of sp³-hybridized carbons (Fsp3) is 0.296. The second-order valence-corrected chi connectivity index (χ2v) is 8.04. The lowest BCUT2D eigenvalue weighted by Crippen LogP contribution is -2.21. The maximum Gasteiger partial charge on any atom is 0.333 e. The molecule has 0 radical (unpaired) electrons. The zero-order valence-electron chi connectivity index (χ0n) is 18.8. The molecule has 2 aromatic carbocycles. The van der Waals surface area contributed by atoms with Crippen LogP contribution in [0.15, 0.2) is 54.6 Å². The SMILES string of the molecule is C=C(C)C(=O)OCC(CCOc1ccc2c(c1)CCc1cc(/C=C/C=O)ccc1-2)COC=O. The van der Waals surface area contributed by atoms with E-state index in [0.29, 0.717) is 25.1 Å². The van der Waals surface area contributed by atoms with Gasteiger partial charge in [-0.05, 0) is 72.2 Å². The van der Waals surface area contributed by atoms with Crippen molar-refractivity contribution in [1.82, 2.24) is 0 Å². The molecule has 6 heteroatoms. The molecule has 6 nitrogen and oxygen atoms in total. The molecule has 0 heterocycles. The summed E-state index contributed by atoms with van der Waals surface area (Å²) in [4.78, 5) is 32.7. The summed E-state index contributed by atoms with van der Waals surface area (Å²) in [5.41, 5.74) is 6.24. The average molecular weight is 449 g/mol. The van der Waals surface area contributed by atoms with E-state index in [4.69, 9.17) is 14.2 Å². The maximum absolute atomic E-state index is 11.6. The van der Waals surface area contributed by atoms with Crippen LogP contribution in [0.2, 0.25) is 0 Å². The molecule has 0 saturated heterocycles. The number of carbonyl (C=O) groups excluding carboxylic acids is 3. The van der Waals surface area contributed by atoms with Crippen LogP contribution in [0.4, 0.5) is 0 Å². The summed E-state index contributed by atoms with van der Waals surface area (Å²) in [7, 11) is 0. The van der Waals surface area contributed by atoms with Gasteiger partial charge in [-0.15, -0.1) is 0 Å². The van der Waals surface area contributed by atoms with Crippen molar-refractivity contribution in [2.24, 2.45) is 5.92 Å². The molecular weight excluding hydrogens is 420 g/mol. The van der Waals surface area contributed by atoms with E-state index < -0.39 is 5.97 Å². The van der Waals surface area contributed by atoms with Gasteiger partial charge in [-0.25, -0.2) is 4.79 Å². The standard InChI is InChI=1S/C27H28O6/c1-19(2)27(30)33-17-21(16-31-18-29)11-13-32-24-8-10-26-23(15-24)7-6-22-14-20(4-3-12-28)5-9-25(22)26/h3-5,8-10,12,14-15,18,21H,1,6-7,11,13,16-17H2,2H3/b4-3+. The molecular formula is C27H28O6. The topological polar surface area (TPSA) is 78.9 Å². The highest BCUT2D eigenvalue weighted by molar-refractivity contribution is 5.86. The number of benzene rings is 2. The van der Waals surface area contributed by atoms with E-state index in [1.165, 1.54) is 28.3 Å². The highest BCUT2D eigenvalue weighted by atomic mass is 16.5. The van der Waals surface area contributed by atoms with Gasteiger partial charge in [-0.1, -0.05) is 36.9 Å². The highest BCUT2D eigenvalue weighted by Crippen LogP contribution is 2.36. The Kier molecular flexibility index (Phi) is 8.58. The molecule has 1 unspecified atom stereocenters. The Morgan fingerprint density at radius 3 is 2.48 bits per heavy atom. The number of fused-ring (bicyclic) bond motifs is 3. The molecule has 0 N–H and O–H groups in total. The number of hydrogen-bond acceptors (Lipinski definition) is 6. The third-order valence-electron chi connectivity index (χ3n) is 5.52. The van der Waals surface area contributed by atoms with Gasteiger partial charge in [-0.3, -0.25) is 9.59 Å². The third-order valence-corrected chi connectivity index (χ3v) is 5.52. The molecule has 1 atom stereocenters. The van der Waals surface area contributed by atoms with Gasteiger partial charge >= 0.3 is 5.97 Å². The predicted octanol–water partition coefficient (Wildman–Crippen LogP) is 4.34. The van der Waals surface area contributed by atoms with Gasteiger partial charge < -0.3 is 14.2 Å². The second kappa shape index (κ2) is 11.8. The fourth-order valence-corrected chi connectivity index (χ4v) is 3.79. The Labute approximate surface area is 193 Å². The van der Waals surface area contributed by atoms with Crippen molar-refractivity contribution in [1.29, 1.82) is 0 Å². The molecule has 0 bridgehead atoms. The molecule has 1 aliphatic carbocycles. The van der Waals surface area contributed by atoms with Crippen LogP contribution in [0.3, 0.4) is 0 Å². The lowest BCUT2D eigenvalue weighted by Gasteiger charge is -2.21. The lowest BCUT2D eigenvalue weighted by molar-refractivity contribution is -0.141. The van der Waals surface area contributed by atoms with E-state index in [9.17, 15) is 14.4 Å². The Bertz CT molecular complexity index is 1050. The number of allylic oxidation sites excluding steroid dienone is 1. The first-order valence-corrected chi connectivity index (χ1v) is 10.9. The number of rotatable bonds is 12. The van der Waals surface area contributed by atoms with Gasteiger partial charge in [0, 0.05) is 11.5 Å². The molecule has 33 heavy (non-hydrogen) atoms. The second-order valence-electron chi connectivity index (χ2n) is 8.04. The van der Waals surface area contributed by atoms with Crippen molar-refractivity contribution in [2.45, 2.75) is 26.2 Å². The predicted molar refractivity (Wildman–Crippen MR) is 126 cm³/mol. The van der Waals surface area contributed by atoms with E-state index >= 15 is 0 Å². The van der Waals surface area contributed by atoms with Crippen LogP contribution in [0.5, 0.6) is 5.75 Å². The largest absolute Gasteiger partial charge is 0.494 e. The van der Waals surface area contributed by atoms with E-state index in [0.717, 1.165) is 30.4 Å². The average Bonchev–Trinajstić information content (AvgIpc) is 2.83. The maximum atomic E-state index is 11.6. The molecule has 1 aliphatic rings. The van der Waals surface area contributed by atoms with Crippen molar-refractivity contribution < 1.29 is 28.6 Å². The number of ether oxygens (including phenoxy) is 3. The Morgan fingerprint density at radius 2 is 1.79 bits per heavy atom. The van der Waals surface area contributed by atoms with Crippen molar-refractivity contribution in [3.63, 3.8) is 0 Å². The van der Waals surface area contributed by atoms with Gasteiger partial charge in [-0.2, -0.15) is 0 Å². The summed E-state index contributed by atoms with van der Waals surface area (Å²) < 4.78 is 16.0. The Morgan fingerprint density at radius 1 is 1.06 bits per heavy atom. The molecule has 0 fully saturated rings. The van der Waals surface area contributed by atoms with Gasteiger partial charge in [0.05, 0.1) is 19.8 Å². The van der Waals surface area contributed by atoms with Crippen molar-refractivity contribution >= 4 is 24.8 Å². The minimum atomic E-state index is -0.464. The summed E-state index contributed by atoms with van der Waals surface area (Å²) in [6.07, 6.45) is 6.49. The highest BCUT2D eigenvalue weighted by Gasteiger charge is 2.18. The summed E-state index contributed by atoms with van der Waals surface area (Å²) >= 11 is 0. The van der Waals surface area contributed by atoms with Gasteiger partial charge in [0.15, 0.2) is 0 Å². The van der Waals surface area contributed by atoms with E-state index in [2.05, 4.69) is 30.8 Å². The minimum absolute atomic E-state index is 0.133. The van der Waals surface area contributed by atoms with Crippen LogP contribution < -0.4 is 4.74 Å². The van der Waals surface area contributed by atoms with Crippen LogP contribution in [0.25, 0.3) is 17.2 Å². The minimum Gasteiger partial charge on any atom is -0.494 e. The summed E-state index contributed by atoms with van der Waals surface area (Å²) in [6.45, 7) is 6.22. The van der Waals surface area contributed by atoms with Crippen LogP contribution in [-0.4, -0.2) is 38.5 Å². The smallest absolute Gasteiger partial charge is 0.333 e. The fourth-order valence-electron chi connectivity index (χ4n) is 3.79. The molecule has 0 saturated carbocycles. The van der Waals surface area contributed by atoms with E-state index in [-0.39, 0.29) is 19.1 Å². The first-order chi connectivity index (χ1) is 16.0. The van der Waals surface area contributed by atoms with Crippen molar-refractivity contribution in [2.75, 3.05) is 19.8 Å². The first-order valence-electron chi connectivity index (χ1n) is 10.9. The van der Waals surface area contributed by atoms with Crippen LogP contribution in [0, 0.1) is 5.92 Å². The normalized spacial score (nSPS) is 12.9. The molecule has 172 valence electrons. The summed E-state index contributed by atoms with van der Waals surface area (Å²) in [6, 6.07) is 12.3. The molecule has 0 aromatic heterocycles.